The van der Waals surface area contributed by atoms with Crippen LogP contribution >= 0.6 is 0 Å². The summed E-state index contributed by atoms with van der Waals surface area (Å²) in [5.41, 5.74) is 7.50. The summed E-state index contributed by atoms with van der Waals surface area (Å²) in [6.07, 6.45) is 1.04. The summed E-state index contributed by atoms with van der Waals surface area (Å²) < 4.78 is 0. The number of piperidine rings is 1. The molecule has 6 N–H and O–H groups in total. The molecule has 1 saturated heterocycles. The number of ketones is 1. The summed E-state index contributed by atoms with van der Waals surface area (Å²) in [6.45, 7) is 2.22. The normalized spacial score (nSPS) is 15.2. The molecule has 1 heterocycles. The van der Waals surface area contributed by atoms with Crippen molar-refractivity contribution in [3.63, 3.8) is 0 Å². The number of hydrogen-bond acceptors (Lipinski definition) is 6. The first-order valence-corrected chi connectivity index (χ1v) is 12.8. The van der Waals surface area contributed by atoms with Gasteiger partial charge in [0.25, 0.3) is 0 Å². The lowest BCUT2D eigenvalue weighted by atomic mass is 9.70. The van der Waals surface area contributed by atoms with Gasteiger partial charge in [0.2, 0.25) is 11.8 Å². The van der Waals surface area contributed by atoms with Crippen molar-refractivity contribution < 1.29 is 19.5 Å². The molecule has 1 fully saturated rings. The maximum absolute atomic E-state index is 13.3. The third-order valence-electron chi connectivity index (χ3n) is 7.33. The van der Waals surface area contributed by atoms with Crippen LogP contribution in [0, 0.1) is 5.41 Å². The van der Waals surface area contributed by atoms with Gasteiger partial charge in [0.05, 0.1) is 12.0 Å². The standard InChI is InChI=1S/C30H33N5O4/c1-20(36)30(23-9-3-2-4-10-23)13-15-35(16-14-30)26(38)19-33-29(39)27(21-7-6-12-25(37)18-21)34-24-11-5-8-22(17-24)28(31)32/h2-12,17-18,27,34,37H,13-16,19H2,1H3,(H3,31,32)(H,33,39). The number of anilines is 1. The van der Waals surface area contributed by atoms with Crippen molar-refractivity contribution in [3.8, 4) is 5.75 Å². The first kappa shape index (κ1) is 27.4. The second-order valence-corrected chi connectivity index (χ2v) is 9.77. The van der Waals surface area contributed by atoms with Gasteiger partial charge in [-0.2, -0.15) is 0 Å². The molecule has 0 saturated carbocycles. The smallest absolute Gasteiger partial charge is 0.247 e. The van der Waals surface area contributed by atoms with Gasteiger partial charge >= 0.3 is 0 Å². The summed E-state index contributed by atoms with van der Waals surface area (Å²) in [6, 6.07) is 21.8. The number of nitrogens with zero attached hydrogens (tertiary/aromatic N) is 1. The monoisotopic (exact) mass is 527 g/mol. The molecule has 9 nitrogen and oxygen atoms in total. The Kier molecular flexibility index (Phi) is 8.29. The number of likely N-dealkylation sites (tertiary alicyclic amines) is 1. The number of Topliss-reactive ketones (excluding diaryl/α,β-unsaturated/α-hetero) is 1. The van der Waals surface area contributed by atoms with Gasteiger partial charge in [-0.15, -0.1) is 0 Å². The predicted molar refractivity (Wildman–Crippen MR) is 150 cm³/mol. The molecule has 202 valence electrons. The third kappa shape index (κ3) is 6.26. The van der Waals surface area contributed by atoms with E-state index in [1.54, 1.807) is 48.2 Å². The zero-order chi connectivity index (χ0) is 28.0. The molecule has 39 heavy (non-hydrogen) atoms. The zero-order valence-electron chi connectivity index (χ0n) is 21.8. The van der Waals surface area contributed by atoms with Crippen LogP contribution in [0.15, 0.2) is 78.9 Å². The lowest BCUT2D eigenvalue weighted by molar-refractivity contribution is -0.136. The van der Waals surface area contributed by atoms with Crippen LogP contribution in [0.2, 0.25) is 0 Å². The molecule has 1 atom stereocenters. The van der Waals surface area contributed by atoms with E-state index in [4.69, 9.17) is 11.1 Å². The molecule has 4 rings (SSSR count). The number of carbonyl (C=O) groups excluding carboxylic acids is 3. The number of benzene rings is 3. The number of aromatic hydroxyl groups is 1. The summed E-state index contributed by atoms with van der Waals surface area (Å²) in [4.78, 5) is 40.7. The van der Waals surface area contributed by atoms with Gasteiger partial charge in [-0.05, 0) is 55.2 Å². The predicted octanol–water partition coefficient (Wildman–Crippen LogP) is 3.10. The number of amides is 2. The van der Waals surface area contributed by atoms with E-state index >= 15 is 0 Å². The molecule has 3 aromatic carbocycles. The number of phenolic OH excluding ortho intramolecular Hbond substituents is 1. The highest BCUT2D eigenvalue weighted by Crippen LogP contribution is 2.36. The second kappa shape index (κ2) is 11.8. The maximum Gasteiger partial charge on any atom is 0.247 e. The molecule has 1 aliphatic heterocycles. The summed E-state index contributed by atoms with van der Waals surface area (Å²) in [5.74, 6) is -0.710. The van der Waals surface area contributed by atoms with Crippen molar-refractivity contribution in [2.75, 3.05) is 25.0 Å². The minimum absolute atomic E-state index is 0.00125. The molecular formula is C30H33N5O4. The number of amidine groups is 1. The van der Waals surface area contributed by atoms with E-state index in [9.17, 15) is 19.5 Å². The van der Waals surface area contributed by atoms with Gasteiger partial charge in [-0.3, -0.25) is 19.8 Å². The van der Waals surface area contributed by atoms with E-state index in [1.807, 2.05) is 30.3 Å². The lowest BCUT2D eigenvalue weighted by Gasteiger charge is -2.40. The highest BCUT2D eigenvalue weighted by molar-refractivity contribution is 5.96. The number of nitrogens with two attached hydrogens (primary N) is 1. The first-order valence-electron chi connectivity index (χ1n) is 12.8. The molecule has 0 aliphatic carbocycles. The fourth-order valence-corrected chi connectivity index (χ4v) is 5.06. The first-order chi connectivity index (χ1) is 18.7. The van der Waals surface area contributed by atoms with Crippen LogP contribution in [0.5, 0.6) is 5.75 Å². The molecule has 9 heteroatoms. The quantitative estimate of drug-likeness (QED) is 0.213. The zero-order valence-corrected chi connectivity index (χ0v) is 21.8. The number of hydrogen-bond donors (Lipinski definition) is 5. The number of carbonyl (C=O) groups is 3. The Morgan fingerprint density at radius 3 is 2.33 bits per heavy atom. The molecule has 1 unspecified atom stereocenters. The van der Waals surface area contributed by atoms with Gasteiger partial charge in [-0.1, -0.05) is 54.6 Å². The van der Waals surface area contributed by atoms with Gasteiger partial charge in [-0.25, -0.2) is 0 Å². The average Bonchev–Trinajstić information content (AvgIpc) is 2.95. The Labute approximate surface area is 227 Å². The van der Waals surface area contributed by atoms with E-state index in [1.165, 1.54) is 12.1 Å². The van der Waals surface area contributed by atoms with Crippen LogP contribution in [-0.4, -0.2) is 53.1 Å². The van der Waals surface area contributed by atoms with E-state index in [-0.39, 0.29) is 29.8 Å². The Hall–Kier alpha value is -4.66. The van der Waals surface area contributed by atoms with Crippen LogP contribution < -0.4 is 16.4 Å². The lowest BCUT2D eigenvalue weighted by Crippen LogP contribution is -2.51. The SMILES string of the molecule is CC(=O)C1(c2ccccc2)CCN(C(=O)CNC(=O)C(Nc2cccc(C(=N)N)c2)c2cccc(O)c2)CC1. The number of phenols is 1. The van der Waals surface area contributed by atoms with Crippen molar-refractivity contribution >= 4 is 29.1 Å². The Morgan fingerprint density at radius 2 is 1.69 bits per heavy atom. The van der Waals surface area contributed by atoms with Gasteiger partial charge in [0.15, 0.2) is 0 Å². The van der Waals surface area contributed by atoms with Crippen LogP contribution in [0.25, 0.3) is 0 Å². The van der Waals surface area contributed by atoms with Gasteiger partial charge in [0, 0.05) is 24.3 Å². The van der Waals surface area contributed by atoms with Crippen molar-refractivity contribution in [2.45, 2.75) is 31.2 Å². The number of nitrogen functional groups attached to an aromatic ring is 1. The number of rotatable bonds is 9. The van der Waals surface area contributed by atoms with E-state index in [0.717, 1.165) is 5.56 Å². The van der Waals surface area contributed by atoms with E-state index < -0.39 is 17.4 Å². The van der Waals surface area contributed by atoms with Crippen LogP contribution in [-0.2, 0) is 19.8 Å². The molecule has 0 spiro atoms. The largest absolute Gasteiger partial charge is 0.508 e. The maximum atomic E-state index is 13.3. The summed E-state index contributed by atoms with van der Waals surface area (Å²) in [7, 11) is 0. The van der Waals surface area contributed by atoms with Gasteiger partial charge < -0.3 is 26.4 Å². The average molecular weight is 528 g/mol. The van der Waals surface area contributed by atoms with Crippen molar-refractivity contribution in [3.05, 3.63) is 95.6 Å². The Bertz CT molecular complexity index is 1370. The molecule has 1 aliphatic rings. The van der Waals surface area contributed by atoms with Crippen molar-refractivity contribution in [1.82, 2.24) is 10.2 Å². The second-order valence-electron chi connectivity index (χ2n) is 9.77. The molecule has 0 radical (unpaired) electrons. The van der Waals surface area contributed by atoms with Crippen molar-refractivity contribution in [1.29, 1.82) is 5.41 Å². The number of nitrogens with one attached hydrogen (secondary N) is 3. The molecule has 3 aromatic rings. The molecule has 0 bridgehead atoms. The molecular weight excluding hydrogens is 494 g/mol. The van der Waals surface area contributed by atoms with Crippen LogP contribution in [0.1, 0.15) is 42.5 Å². The van der Waals surface area contributed by atoms with Crippen LogP contribution in [0.4, 0.5) is 5.69 Å². The molecule has 2 amide bonds. The van der Waals surface area contributed by atoms with Gasteiger partial charge in [0.1, 0.15) is 23.4 Å². The van der Waals surface area contributed by atoms with Crippen LogP contribution in [0.3, 0.4) is 0 Å². The third-order valence-corrected chi connectivity index (χ3v) is 7.33. The summed E-state index contributed by atoms with van der Waals surface area (Å²) >= 11 is 0. The van der Waals surface area contributed by atoms with E-state index in [2.05, 4.69) is 10.6 Å². The summed E-state index contributed by atoms with van der Waals surface area (Å²) in [5, 5.41) is 23.5. The topological polar surface area (TPSA) is 149 Å². The fourth-order valence-electron chi connectivity index (χ4n) is 5.06. The highest BCUT2D eigenvalue weighted by Gasteiger charge is 2.41. The van der Waals surface area contributed by atoms with E-state index in [0.29, 0.717) is 42.7 Å². The fraction of sp³-hybridized carbons (Fsp3) is 0.267. The Balaban J connectivity index is 1.43. The Morgan fingerprint density at radius 1 is 1.00 bits per heavy atom. The molecule has 0 aromatic heterocycles. The van der Waals surface area contributed by atoms with Crippen molar-refractivity contribution in [2.24, 2.45) is 5.73 Å². The minimum atomic E-state index is -0.920. The minimum Gasteiger partial charge on any atom is -0.508 e. The highest BCUT2D eigenvalue weighted by atomic mass is 16.3.